The number of nitrogens with zero attached hydrogens (tertiary/aromatic N) is 2. The summed E-state index contributed by atoms with van der Waals surface area (Å²) in [5, 5.41) is 0. The fourth-order valence-corrected chi connectivity index (χ4v) is 3.69. The summed E-state index contributed by atoms with van der Waals surface area (Å²) in [5.41, 5.74) is 9.00. The summed E-state index contributed by atoms with van der Waals surface area (Å²) in [7, 11) is 0. The van der Waals surface area contributed by atoms with Crippen LogP contribution >= 0.6 is 0 Å². The normalized spacial score (nSPS) is 17.1. The summed E-state index contributed by atoms with van der Waals surface area (Å²) in [5.74, 6) is 1.08. The summed E-state index contributed by atoms with van der Waals surface area (Å²) in [6.45, 7) is 8.13. The average molecular weight is 371 g/mol. The van der Waals surface area contributed by atoms with Gasteiger partial charge in [0.1, 0.15) is 13.2 Å². The molecule has 2 aliphatic rings. The Morgan fingerprint density at radius 1 is 1.04 bits per heavy atom. The summed E-state index contributed by atoms with van der Waals surface area (Å²) in [6, 6.07) is 7.77. The first-order valence-corrected chi connectivity index (χ1v) is 9.33. The molecule has 1 fully saturated rings. The maximum Gasteiger partial charge on any atom is 0.250 e. The summed E-state index contributed by atoms with van der Waals surface area (Å²) in [6.07, 6.45) is 0. The minimum Gasteiger partial charge on any atom is -0.486 e. The van der Waals surface area contributed by atoms with Crippen LogP contribution in [-0.4, -0.2) is 61.4 Å². The second-order valence-electron chi connectivity index (χ2n) is 6.86. The topological polar surface area (TPSA) is 79.0 Å². The van der Waals surface area contributed by atoms with E-state index in [2.05, 4.69) is 9.47 Å². The van der Waals surface area contributed by atoms with E-state index < -0.39 is 5.91 Å². The molecule has 3 heterocycles. The van der Waals surface area contributed by atoms with Gasteiger partial charge in [0.15, 0.2) is 11.5 Å². The number of fused-ring (bicyclic) bond motifs is 1. The number of amides is 1. The molecule has 7 heteroatoms. The van der Waals surface area contributed by atoms with E-state index >= 15 is 0 Å². The third kappa shape index (κ3) is 3.65. The Labute approximate surface area is 158 Å². The number of rotatable bonds is 5. The van der Waals surface area contributed by atoms with Crippen molar-refractivity contribution < 1.29 is 19.0 Å². The summed E-state index contributed by atoms with van der Waals surface area (Å²) < 4.78 is 18.9. The van der Waals surface area contributed by atoms with E-state index in [1.165, 1.54) is 0 Å². The molecule has 2 aromatic rings. The van der Waals surface area contributed by atoms with E-state index in [-0.39, 0.29) is 0 Å². The third-order valence-electron chi connectivity index (χ3n) is 5.21. The number of hydrogen-bond acceptors (Lipinski definition) is 5. The number of nitrogens with two attached hydrogens (primary N) is 1. The van der Waals surface area contributed by atoms with Crippen LogP contribution in [0.1, 0.15) is 16.1 Å². The van der Waals surface area contributed by atoms with Gasteiger partial charge in [0.25, 0.3) is 5.91 Å². The first-order valence-electron chi connectivity index (χ1n) is 9.33. The maximum absolute atomic E-state index is 11.9. The Kier molecular flexibility index (Phi) is 5.05. The highest BCUT2D eigenvalue weighted by Crippen LogP contribution is 2.35. The Morgan fingerprint density at radius 3 is 2.52 bits per heavy atom. The molecule has 1 aromatic heterocycles. The average Bonchev–Trinajstić information content (AvgIpc) is 3.03. The van der Waals surface area contributed by atoms with Crippen LogP contribution in [0.4, 0.5) is 0 Å². The number of ether oxygens (including phenoxy) is 3. The highest BCUT2D eigenvalue weighted by Gasteiger charge is 2.20. The largest absolute Gasteiger partial charge is 0.486 e. The standard InChI is InChI=1S/C20H25N3O4/c1-14-16(20(21)24)13-17(23(14)5-4-22-6-8-25-9-7-22)15-2-3-18-19(12-15)27-11-10-26-18/h2-3,12-13H,4-11H2,1H3,(H2,21,24). The smallest absolute Gasteiger partial charge is 0.250 e. The SMILES string of the molecule is Cc1c(C(N)=O)cc(-c2ccc3c(c2)OCCO3)n1CCN1CCOCC1. The van der Waals surface area contributed by atoms with Crippen LogP contribution in [0, 0.1) is 6.92 Å². The third-order valence-corrected chi connectivity index (χ3v) is 5.21. The molecule has 4 rings (SSSR count). The molecule has 0 spiro atoms. The lowest BCUT2D eigenvalue weighted by Gasteiger charge is -2.27. The lowest BCUT2D eigenvalue weighted by Crippen LogP contribution is -2.38. The van der Waals surface area contributed by atoms with Crippen LogP contribution in [0.25, 0.3) is 11.3 Å². The summed E-state index contributed by atoms with van der Waals surface area (Å²) >= 11 is 0. The van der Waals surface area contributed by atoms with Crippen molar-refractivity contribution in [2.75, 3.05) is 46.1 Å². The van der Waals surface area contributed by atoms with Gasteiger partial charge in [-0.25, -0.2) is 0 Å². The van der Waals surface area contributed by atoms with Crippen molar-refractivity contribution >= 4 is 5.91 Å². The highest BCUT2D eigenvalue weighted by molar-refractivity contribution is 5.95. The van der Waals surface area contributed by atoms with Gasteiger partial charge in [-0.15, -0.1) is 0 Å². The van der Waals surface area contributed by atoms with Crippen LogP contribution in [-0.2, 0) is 11.3 Å². The van der Waals surface area contributed by atoms with E-state index in [0.717, 1.165) is 67.8 Å². The zero-order valence-corrected chi connectivity index (χ0v) is 15.6. The van der Waals surface area contributed by atoms with Gasteiger partial charge < -0.3 is 24.5 Å². The quantitative estimate of drug-likeness (QED) is 0.865. The second kappa shape index (κ2) is 7.62. The Morgan fingerprint density at radius 2 is 1.78 bits per heavy atom. The lowest BCUT2D eigenvalue weighted by molar-refractivity contribution is 0.0364. The van der Waals surface area contributed by atoms with Gasteiger partial charge in [0.2, 0.25) is 0 Å². The van der Waals surface area contributed by atoms with Crippen molar-refractivity contribution in [1.29, 1.82) is 0 Å². The molecule has 7 nitrogen and oxygen atoms in total. The van der Waals surface area contributed by atoms with Gasteiger partial charge in [0, 0.05) is 43.1 Å². The molecule has 1 saturated heterocycles. The van der Waals surface area contributed by atoms with E-state index in [0.29, 0.717) is 18.8 Å². The number of carbonyl (C=O) groups is 1. The van der Waals surface area contributed by atoms with Crippen molar-refractivity contribution in [1.82, 2.24) is 9.47 Å². The second-order valence-corrected chi connectivity index (χ2v) is 6.86. The minimum absolute atomic E-state index is 0.406. The highest BCUT2D eigenvalue weighted by atomic mass is 16.6. The molecule has 2 aliphatic heterocycles. The molecule has 0 bridgehead atoms. The van der Waals surface area contributed by atoms with Crippen LogP contribution in [0.5, 0.6) is 11.5 Å². The van der Waals surface area contributed by atoms with Gasteiger partial charge in [-0.3, -0.25) is 9.69 Å². The van der Waals surface area contributed by atoms with Crippen molar-refractivity contribution in [2.24, 2.45) is 5.73 Å². The number of morpholine rings is 1. The molecular formula is C20H25N3O4. The minimum atomic E-state index is -0.406. The Bertz CT molecular complexity index is 840. The number of aromatic nitrogens is 1. The van der Waals surface area contributed by atoms with Crippen molar-refractivity contribution in [3.63, 3.8) is 0 Å². The molecule has 1 aromatic carbocycles. The first-order chi connectivity index (χ1) is 13.1. The number of benzene rings is 1. The maximum atomic E-state index is 11.9. The monoisotopic (exact) mass is 371 g/mol. The molecule has 2 N–H and O–H groups in total. The van der Waals surface area contributed by atoms with Gasteiger partial charge in [-0.05, 0) is 31.2 Å². The molecule has 0 aliphatic carbocycles. The molecule has 0 atom stereocenters. The van der Waals surface area contributed by atoms with E-state index in [1.807, 2.05) is 31.2 Å². The Balaban J connectivity index is 1.66. The zero-order chi connectivity index (χ0) is 18.8. The van der Waals surface area contributed by atoms with E-state index in [9.17, 15) is 4.79 Å². The van der Waals surface area contributed by atoms with Gasteiger partial charge in [-0.1, -0.05) is 0 Å². The van der Waals surface area contributed by atoms with Crippen LogP contribution in [0.3, 0.4) is 0 Å². The molecule has 0 saturated carbocycles. The number of hydrogen-bond donors (Lipinski definition) is 1. The fraction of sp³-hybridized carbons (Fsp3) is 0.450. The predicted molar refractivity (Wildman–Crippen MR) is 101 cm³/mol. The predicted octanol–water partition coefficient (Wildman–Crippen LogP) is 1.67. The lowest BCUT2D eigenvalue weighted by atomic mass is 10.1. The van der Waals surface area contributed by atoms with Crippen molar-refractivity contribution in [3.05, 3.63) is 35.5 Å². The molecule has 0 radical (unpaired) electrons. The molecule has 27 heavy (non-hydrogen) atoms. The number of carbonyl (C=O) groups excluding carboxylic acids is 1. The van der Waals surface area contributed by atoms with Crippen molar-refractivity contribution in [3.8, 4) is 22.8 Å². The van der Waals surface area contributed by atoms with Crippen molar-refractivity contribution in [2.45, 2.75) is 13.5 Å². The molecule has 144 valence electrons. The first kappa shape index (κ1) is 17.9. The van der Waals surface area contributed by atoms with Gasteiger partial charge >= 0.3 is 0 Å². The molecule has 1 amide bonds. The van der Waals surface area contributed by atoms with E-state index in [1.54, 1.807) is 0 Å². The summed E-state index contributed by atoms with van der Waals surface area (Å²) in [4.78, 5) is 14.3. The van der Waals surface area contributed by atoms with Gasteiger partial charge in [0.05, 0.1) is 18.8 Å². The van der Waals surface area contributed by atoms with E-state index in [4.69, 9.17) is 19.9 Å². The Hall–Kier alpha value is -2.51. The molecular weight excluding hydrogens is 346 g/mol. The zero-order valence-electron chi connectivity index (χ0n) is 15.6. The fourth-order valence-electron chi connectivity index (χ4n) is 3.69. The van der Waals surface area contributed by atoms with Crippen LogP contribution < -0.4 is 15.2 Å². The molecule has 0 unspecified atom stereocenters. The van der Waals surface area contributed by atoms with Crippen LogP contribution in [0.2, 0.25) is 0 Å². The van der Waals surface area contributed by atoms with Crippen LogP contribution in [0.15, 0.2) is 24.3 Å². The number of primary amides is 1. The van der Waals surface area contributed by atoms with Gasteiger partial charge in [-0.2, -0.15) is 0 Å².